The van der Waals surface area contributed by atoms with Crippen molar-refractivity contribution in [3.8, 4) is 23.0 Å². The summed E-state index contributed by atoms with van der Waals surface area (Å²) in [5, 5.41) is 22.0. The van der Waals surface area contributed by atoms with Gasteiger partial charge in [0, 0.05) is 25.1 Å². The Morgan fingerprint density at radius 3 is 1.90 bits per heavy atom. The van der Waals surface area contributed by atoms with Crippen LogP contribution in [0.25, 0.3) is 11.0 Å². The Labute approximate surface area is 310 Å². The summed E-state index contributed by atoms with van der Waals surface area (Å²) in [5.74, 6) is 0.0622. The van der Waals surface area contributed by atoms with Gasteiger partial charge in [0.1, 0.15) is 34.7 Å². The summed E-state index contributed by atoms with van der Waals surface area (Å²) in [5.41, 5.74) is -0.696. The Morgan fingerprint density at radius 1 is 0.808 bits per heavy atom. The van der Waals surface area contributed by atoms with Crippen molar-refractivity contribution < 1.29 is 38.1 Å². The Hall–Kier alpha value is -3.89. The number of aliphatic imine (C=N–C) groups is 1. The van der Waals surface area contributed by atoms with E-state index in [4.69, 9.17) is 23.3 Å². The second-order valence-corrected chi connectivity index (χ2v) is 28.1. The largest absolute Gasteiger partial charge is 0.541 e. The number of quaternary nitrogens is 1. The molecule has 1 aliphatic heterocycles. The van der Waals surface area contributed by atoms with Gasteiger partial charge >= 0.3 is 12.1 Å². The van der Waals surface area contributed by atoms with Crippen molar-refractivity contribution in [2.75, 3.05) is 6.54 Å². The minimum Gasteiger partial charge on any atom is -0.541 e. The Morgan fingerprint density at radius 2 is 1.37 bits per heavy atom. The number of hydrogen-bond donors (Lipinski definition) is 3. The molecule has 3 aromatic rings. The monoisotopic (exact) mass is 755 g/mol. The molecule has 1 aliphatic rings. The Bertz CT molecular complexity index is 1940. The normalized spacial score (nSPS) is 17.1. The number of benzene rings is 2. The van der Waals surface area contributed by atoms with Crippen LogP contribution in [0.1, 0.15) is 99.3 Å². The molecule has 1 atom stereocenters. The fourth-order valence-electron chi connectivity index (χ4n) is 5.57. The number of carbonyl (C=O) groups is 2. The van der Waals surface area contributed by atoms with Crippen molar-refractivity contribution in [1.82, 2.24) is 14.5 Å². The van der Waals surface area contributed by atoms with Gasteiger partial charge in [-0.3, -0.25) is 0 Å². The number of nitrogens with zero attached hydrogens (tertiary/aromatic N) is 3. The quantitative estimate of drug-likeness (QED) is 0.116. The van der Waals surface area contributed by atoms with Crippen LogP contribution in [0.3, 0.4) is 0 Å². The van der Waals surface area contributed by atoms with Gasteiger partial charge in [-0.05, 0) is 77.8 Å². The SMILES string of the molecule is CC1=Nc2cc(O)c(O[Si](C)(C)C(C)(C)C)cc2[N+]1(CC(C)(C)OC(=O)c1c(O[Si](C)(C)C(C)(C)C)c(O)cc2[nH]c(C)nc12)C(=O)OC(C)(C)C. The molecular weight excluding hydrogens is 697 g/mol. The van der Waals surface area contributed by atoms with Crippen LogP contribution < -0.4 is 13.3 Å². The van der Waals surface area contributed by atoms with E-state index in [-0.39, 0.29) is 45.2 Å². The van der Waals surface area contributed by atoms with Crippen LogP contribution in [0.2, 0.25) is 36.3 Å². The number of ether oxygens (including phenoxy) is 2. The summed E-state index contributed by atoms with van der Waals surface area (Å²) in [4.78, 5) is 41.4. The zero-order valence-electron chi connectivity index (χ0n) is 34.1. The predicted octanol–water partition coefficient (Wildman–Crippen LogP) is 9.99. The van der Waals surface area contributed by atoms with Crippen LogP contribution >= 0.6 is 0 Å². The van der Waals surface area contributed by atoms with E-state index >= 15 is 0 Å². The molecule has 1 amide bonds. The Kier molecular flexibility index (Phi) is 10.1. The standard InChI is InChI=1S/C38H58N4O8Si2/c1-22-39-25-19-28(44)32(50-52(16,17)37(9,10)11)30(31(25)40-22)33(45)47-38(12,13)21-42(34(46)48-35(3,4)5)23(2)41-24-18-27(43)29(20-26(24)42)49-51(14,15)36(6,7)8/h18-20H,21H2,1-17H3,(H2-,39,40,43,44,45)/p+1. The lowest BCUT2D eigenvalue weighted by Gasteiger charge is -2.39. The number of aromatic amines is 1. The fraction of sp³-hybridized carbons (Fsp3) is 0.579. The molecule has 0 aliphatic carbocycles. The molecule has 12 nitrogen and oxygen atoms in total. The highest BCUT2D eigenvalue weighted by Gasteiger charge is 2.56. The average Bonchev–Trinajstić information content (AvgIpc) is 3.41. The molecule has 14 heteroatoms. The van der Waals surface area contributed by atoms with Crippen molar-refractivity contribution in [1.29, 1.82) is 0 Å². The molecule has 1 unspecified atom stereocenters. The van der Waals surface area contributed by atoms with Gasteiger partial charge in [0.05, 0.1) is 5.52 Å². The average molecular weight is 756 g/mol. The number of aromatic hydroxyl groups is 2. The topological polar surface area (TPSA) is 153 Å². The third-order valence-electron chi connectivity index (χ3n) is 10.4. The minimum absolute atomic E-state index is 0.00888. The number of amidine groups is 1. The van der Waals surface area contributed by atoms with Gasteiger partial charge in [-0.1, -0.05) is 41.5 Å². The number of esters is 1. The van der Waals surface area contributed by atoms with Crippen molar-refractivity contribution in [2.24, 2.45) is 4.99 Å². The minimum atomic E-state index is -2.58. The number of aromatic nitrogens is 2. The molecular formula is C38H59N4O8Si2+. The number of amides is 1. The molecule has 0 fully saturated rings. The summed E-state index contributed by atoms with van der Waals surface area (Å²) in [7, 11) is -5.01. The highest BCUT2D eigenvalue weighted by atomic mass is 28.4. The third-order valence-corrected chi connectivity index (χ3v) is 19.0. The zero-order chi connectivity index (χ0) is 39.8. The first-order valence-corrected chi connectivity index (χ1v) is 23.5. The summed E-state index contributed by atoms with van der Waals surface area (Å²) >= 11 is 0. The van der Waals surface area contributed by atoms with E-state index in [1.807, 2.05) is 13.1 Å². The van der Waals surface area contributed by atoms with Gasteiger partial charge < -0.3 is 33.5 Å². The summed E-state index contributed by atoms with van der Waals surface area (Å²) in [6, 6.07) is 4.66. The molecule has 3 N–H and O–H groups in total. The highest BCUT2D eigenvalue weighted by Crippen LogP contribution is 2.51. The lowest BCUT2D eigenvalue weighted by Crippen LogP contribution is -2.63. The fourth-order valence-corrected chi connectivity index (χ4v) is 7.61. The van der Waals surface area contributed by atoms with Gasteiger partial charge in [0.2, 0.25) is 5.84 Å². The van der Waals surface area contributed by atoms with Gasteiger partial charge in [0.15, 0.2) is 34.3 Å². The molecule has 286 valence electrons. The van der Waals surface area contributed by atoms with Crippen LogP contribution in [-0.4, -0.2) is 72.5 Å². The zero-order valence-corrected chi connectivity index (χ0v) is 36.1. The molecule has 2 heterocycles. The maximum absolute atomic E-state index is 14.5. The second-order valence-electron chi connectivity index (χ2n) is 18.6. The molecule has 0 saturated carbocycles. The number of H-pyrrole nitrogens is 1. The first kappa shape index (κ1) is 40.9. The molecule has 2 aromatic carbocycles. The molecule has 0 saturated heterocycles. The van der Waals surface area contributed by atoms with E-state index in [2.05, 4.69) is 64.6 Å². The van der Waals surface area contributed by atoms with Crippen LogP contribution in [0.4, 0.5) is 16.2 Å². The number of rotatable bonds is 8. The number of aryl methyl sites for hydroxylation is 1. The number of phenolic OH excluding ortho intramolecular Hbond substituents is 2. The van der Waals surface area contributed by atoms with Crippen molar-refractivity contribution in [3.63, 3.8) is 0 Å². The van der Waals surface area contributed by atoms with Crippen LogP contribution in [0.5, 0.6) is 23.0 Å². The first-order valence-electron chi connectivity index (χ1n) is 17.7. The van der Waals surface area contributed by atoms with E-state index in [9.17, 15) is 19.8 Å². The molecule has 0 bridgehead atoms. The summed E-state index contributed by atoms with van der Waals surface area (Å²) < 4.78 is 25.0. The predicted molar refractivity (Wildman–Crippen MR) is 211 cm³/mol. The summed E-state index contributed by atoms with van der Waals surface area (Å²) in [6.45, 7) is 32.8. The molecule has 52 heavy (non-hydrogen) atoms. The van der Waals surface area contributed by atoms with Gasteiger partial charge in [-0.25, -0.2) is 9.78 Å². The first-order chi connectivity index (χ1) is 23.3. The third kappa shape index (κ3) is 7.74. The van der Waals surface area contributed by atoms with Gasteiger partial charge in [0.25, 0.3) is 16.6 Å². The van der Waals surface area contributed by atoms with E-state index in [1.165, 1.54) is 12.1 Å². The van der Waals surface area contributed by atoms with Crippen molar-refractivity contribution in [3.05, 3.63) is 29.6 Å². The molecule has 0 radical (unpaired) electrons. The second kappa shape index (κ2) is 12.9. The van der Waals surface area contributed by atoms with E-state index in [0.717, 1.165) is 0 Å². The van der Waals surface area contributed by atoms with Crippen LogP contribution in [0, 0.1) is 6.92 Å². The molecule has 4 rings (SSSR count). The van der Waals surface area contributed by atoms with Crippen LogP contribution in [-0.2, 0) is 9.47 Å². The number of nitrogens with one attached hydrogen (secondary N) is 1. The van der Waals surface area contributed by atoms with E-state index in [0.29, 0.717) is 34.1 Å². The smallest absolute Gasteiger partial charge is 0.528 e. The number of fused-ring (bicyclic) bond motifs is 2. The van der Waals surface area contributed by atoms with E-state index < -0.39 is 44.4 Å². The number of phenols is 2. The van der Waals surface area contributed by atoms with Gasteiger partial charge in [-0.2, -0.15) is 9.79 Å². The lowest BCUT2D eigenvalue weighted by molar-refractivity contribution is -0.0151. The molecule has 0 spiro atoms. The van der Waals surface area contributed by atoms with Crippen molar-refractivity contribution >= 4 is 56.9 Å². The lowest BCUT2D eigenvalue weighted by atomic mass is 10.0. The van der Waals surface area contributed by atoms with Crippen LogP contribution in [0.15, 0.2) is 23.2 Å². The Balaban J connectivity index is 1.87. The molecule has 1 aromatic heterocycles. The summed E-state index contributed by atoms with van der Waals surface area (Å²) in [6.07, 6.45) is -0.634. The van der Waals surface area contributed by atoms with Crippen molar-refractivity contribution in [2.45, 2.75) is 137 Å². The number of hydrogen-bond acceptors (Lipinski definition) is 10. The van der Waals surface area contributed by atoms with E-state index in [1.54, 1.807) is 54.5 Å². The maximum atomic E-state index is 14.5. The number of imidazole rings is 1. The highest BCUT2D eigenvalue weighted by molar-refractivity contribution is 6.75. The maximum Gasteiger partial charge on any atom is 0.528 e. The number of carbonyl (C=O) groups excluding carboxylic acids is 2. The van der Waals surface area contributed by atoms with Gasteiger partial charge in [-0.15, -0.1) is 4.48 Å².